The summed E-state index contributed by atoms with van der Waals surface area (Å²) in [7, 11) is 0. The van der Waals surface area contributed by atoms with Gasteiger partial charge in [-0.2, -0.15) is 0 Å². The second kappa shape index (κ2) is 7.98. The van der Waals surface area contributed by atoms with Gasteiger partial charge in [0.05, 0.1) is 23.2 Å². The number of nitrogens with zero attached hydrogens (tertiary/aromatic N) is 4. The molecule has 1 fully saturated rings. The second-order valence-electron chi connectivity index (χ2n) is 7.17. The average molecular weight is 379 g/mol. The first kappa shape index (κ1) is 18.4. The molecule has 0 saturated heterocycles. The fourth-order valence-electron chi connectivity index (χ4n) is 3.70. The van der Waals surface area contributed by atoms with Crippen molar-refractivity contribution in [2.75, 3.05) is 5.32 Å². The maximum absolute atomic E-state index is 12.9. The van der Waals surface area contributed by atoms with Crippen LogP contribution < -0.4 is 11.0 Å². The molecule has 2 N–H and O–H groups in total. The normalized spacial score (nSPS) is 19.5. The van der Waals surface area contributed by atoms with E-state index in [1.807, 2.05) is 49.5 Å². The smallest absolute Gasteiger partial charge is 0.333 e. The highest BCUT2D eigenvalue weighted by molar-refractivity contribution is 5.59. The number of aryl methyl sites for hydroxylation is 1. The molecule has 0 amide bonds. The Bertz CT molecular complexity index is 988. The predicted molar refractivity (Wildman–Crippen MR) is 109 cm³/mol. The van der Waals surface area contributed by atoms with Crippen molar-refractivity contribution >= 4 is 5.95 Å². The van der Waals surface area contributed by atoms with Crippen LogP contribution in [0.2, 0.25) is 0 Å². The molecule has 7 heteroatoms. The van der Waals surface area contributed by atoms with Crippen molar-refractivity contribution < 1.29 is 5.11 Å². The summed E-state index contributed by atoms with van der Waals surface area (Å²) in [4.78, 5) is 21.9. The molecule has 146 valence electrons. The van der Waals surface area contributed by atoms with Crippen LogP contribution in [0.25, 0.3) is 17.1 Å². The standard InChI is InChI=1S/C21H25N5O2/c1-2-25-14-19(26(21(25)28)16-6-4-3-5-7-16)18-12-13-22-20(24-18)23-15-8-10-17(27)11-9-15/h3-7,12-15,17,27H,2,8-11H2,1H3,(H,22,23,24)/t15-,17-. The van der Waals surface area contributed by atoms with Gasteiger partial charge in [-0.05, 0) is 50.8 Å². The summed E-state index contributed by atoms with van der Waals surface area (Å²) in [5.41, 5.74) is 2.16. The lowest BCUT2D eigenvalue weighted by Crippen LogP contribution is -2.29. The summed E-state index contributed by atoms with van der Waals surface area (Å²) in [5, 5.41) is 13.1. The van der Waals surface area contributed by atoms with Crippen molar-refractivity contribution in [1.82, 2.24) is 19.1 Å². The number of hydrogen-bond donors (Lipinski definition) is 2. The van der Waals surface area contributed by atoms with Crippen LogP contribution >= 0.6 is 0 Å². The largest absolute Gasteiger partial charge is 0.393 e. The molecule has 2 aromatic heterocycles. The third-order valence-electron chi connectivity index (χ3n) is 5.26. The maximum Gasteiger partial charge on any atom is 0.333 e. The molecule has 2 heterocycles. The fraction of sp³-hybridized carbons (Fsp3) is 0.381. The van der Waals surface area contributed by atoms with Crippen LogP contribution in [0.5, 0.6) is 0 Å². The Morgan fingerprint density at radius 3 is 2.61 bits per heavy atom. The molecule has 1 aliphatic rings. The van der Waals surface area contributed by atoms with E-state index < -0.39 is 0 Å². The zero-order valence-corrected chi connectivity index (χ0v) is 16.0. The van der Waals surface area contributed by atoms with Crippen LogP contribution in [0.1, 0.15) is 32.6 Å². The van der Waals surface area contributed by atoms with Crippen molar-refractivity contribution in [3.8, 4) is 17.1 Å². The van der Waals surface area contributed by atoms with Gasteiger partial charge in [0, 0.05) is 25.0 Å². The van der Waals surface area contributed by atoms with Gasteiger partial charge in [0.25, 0.3) is 0 Å². The molecule has 1 aromatic carbocycles. The van der Waals surface area contributed by atoms with Gasteiger partial charge in [0.15, 0.2) is 0 Å². The molecule has 3 aromatic rings. The lowest BCUT2D eigenvalue weighted by Gasteiger charge is -2.26. The number of aromatic nitrogens is 4. The molecule has 28 heavy (non-hydrogen) atoms. The molecule has 0 bridgehead atoms. The van der Waals surface area contributed by atoms with Gasteiger partial charge < -0.3 is 10.4 Å². The van der Waals surface area contributed by atoms with Crippen LogP contribution in [0.4, 0.5) is 5.95 Å². The zero-order chi connectivity index (χ0) is 19.5. The molecule has 0 aliphatic heterocycles. The zero-order valence-electron chi connectivity index (χ0n) is 16.0. The summed E-state index contributed by atoms with van der Waals surface area (Å²) in [6, 6.07) is 11.7. The summed E-state index contributed by atoms with van der Waals surface area (Å²) < 4.78 is 3.37. The summed E-state index contributed by atoms with van der Waals surface area (Å²) in [5.74, 6) is 0.551. The Morgan fingerprint density at radius 2 is 1.89 bits per heavy atom. The Kier molecular flexibility index (Phi) is 5.25. The molecular weight excluding hydrogens is 354 g/mol. The topological polar surface area (TPSA) is 85.0 Å². The van der Waals surface area contributed by atoms with E-state index in [1.165, 1.54) is 0 Å². The maximum atomic E-state index is 12.9. The first-order chi connectivity index (χ1) is 13.7. The quantitative estimate of drug-likeness (QED) is 0.712. The lowest BCUT2D eigenvalue weighted by atomic mass is 9.93. The number of benzene rings is 1. The minimum absolute atomic E-state index is 0.0851. The monoisotopic (exact) mass is 379 g/mol. The summed E-state index contributed by atoms with van der Waals surface area (Å²) in [6.07, 6.45) is 6.75. The second-order valence-corrected chi connectivity index (χ2v) is 7.17. The summed E-state index contributed by atoms with van der Waals surface area (Å²) >= 11 is 0. The molecule has 7 nitrogen and oxygen atoms in total. The van der Waals surface area contributed by atoms with E-state index in [4.69, 9.17) is 0 Å². The Labute approximate surface area is 163 Å². The van der Waals surface area contributed by atoms with Gasteiger partial charge in [-0.1, -0.05) is 18.2 Å². The van der Waals surface area contributed by atoms with E-state index in [0.717, 1.165) is 37.1 Å². The number of anilines is 1. The van der Waals surface area contributed by atoms with Crippen molar-refractivity contribution in [2.24, 2.45) is 0 Å². The van der Waals surface area contributed by atoms with Gasteiger partial charge in [0.1, 0.15) is 0 Å². The van der Waals surface area contributed by atoms with Crippen LogP contribution in [0.15, 0.2) is 53.6 Å². The van der Waals surface area contributed by atoms with Gasteiger partial charge in [-0.25, -0.2) is 14.8 Å². The third kappa shape index (κ3) is 3.71. The molecule has 1 aliphatic carbocycles. The van der Waals surface area contributed by atoms with E-state index in [9.17, 15) is 9.90 Å². The molecule has 4 rings (SSSR count). The molecule has 0 spiro atoms. The SMILES string of the molecule is CCn1cc(-c2ccnc(N[C@H]3CC[C@H](O)CC3)n2)n(-c2ccccc2)c1=O. The Hall–Kier alpha value is -2.93. The van der Waals surface area contributed by atoms with Gasteiger partial charge in [-0.15, -0.1) is 0 Å². The molecule has 1 saturated carbocycles. The Balaban J connectivity index is 1.69. The fourth-order valence-corrected chi connectivity index (χ4v) is 3.70. The van der Waals surface area contributed by atoms with Gasteiger partial charge in [-0.3, -0.25) is 9.13 Å². The first-order valence-electron chi connectivity index (χ1n) is 9.81. The highest BCUT2D eigenvalue weighted by Crippen LogP contribution is 2.23. The van der Waals surface area contributed by atoms with Gasteiger partial charge in [0.2, 0.25) is 5.95 Å². The number of aliphatic hydroxyl groups excluding tert-OH is 1. The average Bonchev–Trinajstić information content (AvgIpc) is 3.07. The highest BCUT2D eigenvalue weighted by Gasteiger charge is 2.20. The molecular formula is C21H25N5O2. The first-order valence-corrected chi connectivity index (χ1v) is 9.81. The number of aliphatic hydroxyl groups is 1. The summed E-state index contributed by atoms with van der Waals surface area (Å²) in [6.45, 7) is 2.54. The number of para-hydroxylation sites is 1. The van der Waals surface area contributed by atoms with E-state index in [1.54, 1.807) is 15.3 Å². The number of rotatable bonds is 5. The van der Waals surface area contributed by atoms with Crippen molar-refractivity contribution in [3.05, 3.63) is 59.3 Å². The van der Waals surface area contributed by atoms with Crippen LogP contribution in [0.3, 0.4) is 0 Å². The van der Waals surface area contributed by atoms with Crippen molar-refractivity contribution in [1.29, 1.82) is 0 Å². The van der Waals surface area contributed by atoms with Crippen LogP contribution in [-0.4, -0.2) is 36.4 Å². The van der Waals surface area contributed by atoms with E-state index in [0.29, 0.717) is 18.2 Å². The molecule has 0 unspecified atom stereocenters. The molecule has 0 atom stereocenters. The van der Waals surface area contributed by atoms with E-state index in [-0.39, 0.29) is 17.8 Å². The highest BCUT2D eigenvalue weighted by atomic mass is 16.3. The minimum atomic E-state index is -0.195. The van der Waals surface area contributed by atoms with E-state index in [2.05, 4.69) is 15.3 Å². The molecule has 0 radical (unpaired) electrons. The number of nitrogens with one attached hydrogen (secondary N) is 1. The van der Waals surface area contributed by atoms with Gasteiger partial charge >= 0.3 is 5.69 Å². The third-order valence-corrected chi connectivity index (χ3v) is 5.26. The number of hydrogen-bond acceptors (Lipinski definition) is 5. The van der Waals surface area contributed by atoms with Crippen molar-refractivity contribution in [2.45, 2.75) is 51.3 Å². The van der Waals surface area contributed by atoms with E-state index >= 15 is 0 Å². The minimum Gasteiger partial charge on any atom is -0.393 e. The lowest BCUT2D eigenvalue weighted by molar-refractivity contribution is 0.126. The number of imidazole rings is 1. The Morgan fingerprint density at radius 1 is 1.14 bits per heavy atom. The van der Waals surface area contributed by atoms with Crippen LogP contribution in [-0.2, 0) is 6.54 Å². The predicted octanol–water partition coefficient (Wildman–Crippen LogP) is 2.83. The van der Waals surface area contributed by atoms with Crippen molar-refractivity contribution in [3.63, 3.8) is 0 Å². The van der Waals surface area contributed by atoms with Crippen LogP contribution in [0, 0.1) is 0 Å².